The van der Waals surface area contributed by atoms with Crippen LogP contribution in [0.15, 0.2) is 66.0 Å². The molecule has 1 aliphatic rings. The molecular weight excluding hydrogens is 703 g/mol. The van der Waals surface area contributed by atoms with E-state index in [2.05, 4.69) is 24.8 Å². The number of aromatic nitrogens is 5. The fraction of sp³-hybridized carbons (Fsp3) is 0.457. The first-order valence-electron chi connectivity index (χ1n) is 16.6. The lowest BCUT2D eigenvalue weighted by atomic mass is 9.89. The Bertz CT molecular complexity index is 2030. The van der Waals surface area contributed by atoms with Crippen LogP contribution < -0.4 is 14.4 Å². The highest BCUT2D eigenvalue weighted by atomic mass is 32.2. The van der Waals surface area contributed by atoms with Crippen molar-refractivity contribution in [3.8, 4) is 23.0 Å². The van der Waals surface area contributed by atoms with Crippen molar-refractivity contribution in [1.82, 2.24) is 24.7 Å². The van der Waals surface area contributed by atoms with Gasteiger partial charge in [-0.05, 0) is 78.0 Å². The van der Waals surface area contributed by atoms with Gasteiger partial charge >= 0.3 is 12.1 Å². The number of fused-ring (bicyclic) bond motifs is 6. The van der Waals surface area contributed by atoms with Gasteiger partial charge in [0.25, 0.3) is 10.0 Å². The summed E-state index contributed by atoms with van der Waals surface area (Å²) in [6.07, 6.45) is -0.360. The van der Waals surface area contributed by atoms with E-state index >= 15 is 0 Å². The highest BCUT2D eigenvalue weighted by molar-refractivity contribution is 7.92. The molecule has 280 valence electrons. The smallest absolute Gasteiger partial charge is 0.397 e. The molecule has 4 aromatic rings. The highest BCUT2D eigenvalue weighted by Gasteiger charge is 2.48. The number of sulfonamides is 1. The van der Waals surface area contributed by atoms with Gasteiger partial charge in [-0.3, -0.25) is 9.52 Å². The van der Waals surface area contributed by atoms with Crippen molar-refractivity contribution < 1.29 is 41.3 Å². The third-order valence-electron chi connectivity index (χ3n) is 8.94. The first-order chi connectivity index (χ1) is 24.2. The van der Waals surface area contributed by atoms with Crippen molar-refractivity contribution in [3.05, 3.63) is 66.5 Å². The molecule has 1 unspecified atom stereocenters. The number of anilines is 2. The largest absolute Gasteiger partial charge is 0.481 e. The van der Waals surface area contributed by atoms with E-state index in [0.717, 1.165) is 19.4 Å². The molecule has 1 aromatic carbocycles. The molecule has 0 spiro atoms. The molecule has 0 fully saturated rings. The van der Waals surface area contributed by atoms with Crippen LogP contribution in [0.4, 0.5) is 24.8 Å². The number of rotatable bonds is 7. The van der Waals surface area contributed by atoms with Gasteiger partial charge in [0.05, 0.1) is 22.6 Å². The standard InChI is InChI=1S/C35H42F3N7O6S/c1-32(2,31(46)47)21-44-18-9-16-34(5,48)17-14-23-10-6-7-11-24(23)29-30(45-19-15-27(42-45)51-22-33(3,4)35(36,37)38)39-20-25(40-29)43-52(49,50)28-13-8-12-26(44)41-28/h6-8,10-13,15,19-20,48H,9,14,16-18,21-22H2,1-5H3,(H,40,43)(H,46,47). The Kier molecular flexibility index (Phi) is 10.6. The van der Waals surface area contributed by atoms with Gasteiger partial charge in [-0.25, -0.2) is 19.6 Å². The minimum atomic E-state index is -4.50. The number of nitrogens with one attached hydrogen (secondary N) is 1. The Hall–Kier alpha value is -4.77. The lowest BCUT2D eigenvalue weighted by molar-refractivity contribution is -0.219. The molecule has 13 nitrogen and oxygen atoms in total. The van der Waals surface area contributed by atoms with Gasteiger partial charge in [0.1, 0.15) is 18.1 Å². The van der Waals surface area contributed by atoms with Crippen molar-refractivity contribution in [2.24, 2.45) is 10.8 Å². The number of aliphatic hydroxyl groups is 1. The summed E-state index contributed by atoms with van der Waals surface area (Å²) in [5.74, 6) is -0.894. The number of carboxylic acids is 1. The van der Waals surface area contributed by atoms with Gasteiger partial charge in [-0.2, -0.15) is 21.6 Å². The number of hydrogen-bond acceptors (Lipinski definition) is 10. The zero-order valence-corrected chi connectivity index (χ0v) is 30.3. The molecule has 0 saturated carbocycles. The summed E-state index contributed by atoms with van der Waals surface area (Å²) in [6.45, 7) is 6.55. The number of aryl methyl sites for hydroxylation is 1. The molecule has 52 heavy (non-hydrogen) atoms. The second-order valence-electron chi connectivity index (χ2n) is 14.5. The predicted molar refractivity (Wildman–Crippen MR) is 187 cm³/mol. The second kappa shape index (κ2) is 14.3. The van der Waals surface area contributed by atoms with E-state index in [1.807, 2.05) is 12.1 Å². The minimum Gasteiger partial charge on any atom is -0.481 e. The van der Waals surface area contributed by atoms with Crippen LogP contribution in [-0.4, -0.2) is 80.8 Å². The van der Waals surface area contributed by atoms with Crippen LogP contribution in [0, 0.1) is 10.8 Å². The summed E-state index contributed by atoms with van der Waals surface area (Å²) < 4.78 is 76.9. The number of carbonyl (C=O) groups is 1. The lowest BCUT2D eigenvalue weighted by Gasteiger charge is -2.32. The molecule has 1 aliphatic heterocycles. The van der Waals surface area contributed by atoms with Crippen LogP contribution in [0.5, 0.6) is 5.88 Å². The summed E-state index contributed by atoms with van der Waals surface area (Å²) in [5, 5.41) is 25.3. The number of hydrogen-bond donors (Lipinski definition) is 3. The Labute approximate surface area is 299 Å². The van der Waals surface area contributed by atoms with Crippen molar-refractivity contribution in [2.45, 2.75) is 77.1 Å². The van der Waals surface area contributed by atoms with Gasteiger partial charge < -0.3 is 19.8 Å². The second-order valence-corrected chi connectivity index (χ2v) is 16.1. The zero-order valence-electron chi connectivity index (χ0n) is 29.5. The van der Waals surface area contributed by atoms with Crippen LogP contribution >= 0.6 is 0 Å². The van der Waals surface area contributed by atoms with E-state index in [1.165, 1.54) is 35.3 Å². The molecular formula is C35H42F3N7O6S. The van der Waals surface area contributed by atoms with Crippen LogP contribution in [0.25, 0.3) is 17.1 Å². The Morgan fingerprint density at radius 1 is 1.04 bits per heavy atom. The van der Waals surface area contributed by atoms with Crippen molar-refractivity contribution in [1.29, 1.82) is 0 Å². The van der Waals surface area contributed by atoms with Gasteiger partial charge in [-0.15, -0.1) is 5.10 Å². The number of alkyl halides is 3. The van der Waals surface area contributed by atoms with E-state index in [9.17, 15) is 36.6 Å². The molecule has 5 rings (SSSR count). The topological polar surface area (TPSA) is 173 Å². The van der Waals surface area contributed by atoms with E-state index in [-0.39, 0.29) is 40.6 Å². The number of pyridine rings is 1. The van der Waals surface area contributed by atoms with Crippen LogP contribution in [0.2, 0.25) is 0 Å². The van der Waals surface area contributed by atoms with Gasteiger partial charge in [0, 0.05) is 30.9 Å². The molecule has 0 aliphatic carbocycles. The molecule has 0 amide bonds. The van der Waals surface area contributed by atoms with Gasteiger partial charge in [0.15, 0.2) is 16.7 Å². The Morgan fingerprint density at radius 2 is 1.77 bits per heavy atom. The Morgan fingerprint density at radius 3 is 2.48 bits per heavy atom. The van der Waals surface area contributed by atoms with E-state index in [4.69, 9.17) is 4.74 Å². The minimum absolute atomic E-state index is 0.0261. The maximum Gasteiger partial charge on any atom is 0.397 e. The third-order valence-corrected chi connectivity index (χ3v) is 10.2. The number of carboxylic acid groups (broad SMARTS) is 1. The van der Waals surface area contributed by atoms with E-state index in [1.54, 1.807) is 43.9 Å². The summed E-state index contributed by atoms with van der Waals surface area (Å²) in [5.41, 5.74) is -2.95. The normalized spacial score (nSPS) is 18.5. The first kappa shape index (κ1) is 38.5. The maximum absolute atomic E-state index is 13.7. The maximum atomic E-state index is 13.7. The fourth-order valence-corrected chi connectivity index (χ4v) is 6.46. The van der Waals surface area contributed by atoms with Crippen LogP contribution in [0.1, 0.15) is 59.4 Å². The number of ether oxygens (including phenoxy) is 1. The van der Waals surface area contributed by atoms with Crippen molar-refractivity contribution >= 4 is 27.6 Å². The summed E-state index contributed by atoms with van der Waals surface area (Å²) >= 11 is 0. The fourth-order valence-electron chi connectivity index (χ4n) is 5.51. The third kappa shape index (κ3) is 8.81. The molecule has 17 heteroatoms. The molecule has 3 aromatic heterocycles. The molecule has 3 N–H and O–H groups in total. The monoisotopic (exact) mass is 745 g/mol. The Balaban J connectivity index is 1.59. The van der Waals surface area contributed by atoms with Crippen molar-refractivity contribution in [2.75, 3.05) is 29.3 Å². The highest BCUT2D eigenvalue weighted by Crippen LogP contribution is 2.38. The first-order valence-corrected chi connectivity index (χ1v) is 18.1. The number of aliphatic carboxylic acids is 1. The number of halogens is 3. The predicted octanol–water partition coefficient (Wildman–Crippen LogP) is 5.89. The lowest BCUT2D eigenvalue weighted by Crippen LogP contribution is -2.41. The zero-order chi connectivity index (χ0) is 38.1. The average molecular weight is 746 g/mol. The van der Waals surface area contributed by atoms with Crippen LogP contribution in [0.3, 0.4) is 0 Å². The van der Waals surface area contributed by atoms with Gasteiger partial charge in [-0.1, -0.05) is 30.3 Å². The molecule has 0 radical (unpaired) electrons. The van der Waals surface area contributed by atoms with Crippen molar-refractivity contribution in [3.63, 3.8) is 0 Å². The summed E-state index contributed by atoms with van der Waals surface area (Å²) in [4.78, 5) is 27.3. The number of benzene rings is 1. The van der Waals surface area contributed by atoms with Gasteiger partial charge in [0.2, 0.25) is 5.88 Å². The molecule has 0 saturated heterocycles. The molecule has 4 bridgehead atoms. The SMILES string of the molecule is CC1(O)CCCN(CC(C)(C)C(=O)O)c2cccc(n2)S(=O)(=O)Nc2cnc(-n3ccc(OCC(C)(C)C(F)(F)F)n3)c(n2)-c2ccccc2CC1. The number of nitrogens with zero attached hydrogens (tertiary/aromatic N) is 6. The van der Waals surface area contributed by atoms with Crippen LogP contribution in [-0.2, 0) is 21.2 Å². The summed E-state index contributed by atoms with van der Waals surface area (Å²) in [7, 11) is -4.36. The summed E-state index contributed by atoms with van der Waals surface area (Å²) in [6, 6.07) is 13.0. The average Bonchev–Trinajstić information content (AvgIpc) is 3.54. The molecule has 4 heterocycles. The van der Waals surface area contributed by atoms with E-state index in [0.29, 0.717) is 37.8 Å². The van der Waals surface area contributed by atoms with E-state index < -0.39 is 45.2 Å². The quantitative estimate of drug-likeness (QED) is 0.206. The molecule has 1 atom stereocenters.